The Morgan fingerprint density at radius 1 is 0.280 bits per heavy atom. The fraction of sp³-hybridized carbons (Fsp3) is 0. The zero-order valence-electron chi connectivity index (χ0n) is 27.2. The highest BCUT2D eigenvalue weighted by atomic mass is 14.9. The smallest absolute Gasteiger partial charge is 0.160 e. The average Bonchev–Trinajstić information content (AvgIpc) is 3.19. The molecule has 0 aliphatic carbocycles. The number of hydrogen-bond acceptors (Lipinski definition) is 2. The van der Waals surface area contributed by atoms with Crippen molar-refractivity contribution in [1.82, 2.24) is 9.97 Å². The molecule has 0 aliphatic rings. The maximum atomic E-state index is 5.31. The summed E-state index contributed by atoms with van der Waals surface area (Å²) in [6.07, 6.45) is 0. The van der Waals surface area contributed by atoms with E-state index in [2.05, 4.69) is 176 Å². The van der Waals surface area contributed by atoms with Gasteiger partial charge in [-0.05, 0) is 84.2 Å². The minimum Gasteiger partial charge on any atom is -0.227 e. The first kappa shape index (κ1) is 28.4. The van der Waals surface area contributed by atoms with Gasteiger partial charge in [0, 0.05) is 21.9 Å². The molecule has 232 valence electrons. The summed E-state index contributed by atoms with van der Waals surface area (Å²) in [5, 5.41) is 10.7. The van der Waals surface area contributed by atoms with E-state index in [9.17, 15) is 0 Å². The maximum Gasteiger partial charge on any atom is 0.160 e. The van der Waals surface area contributed by atoms with E-state index < -0.39 is 0 Å². The van der Waals surface area contributed by atoms with Crippen LogP contribution in [0.1, 0.15) is 0 Å². The molecular formula is C48H30N2. The van der Waals surface area contributed by atoms with Gasteiger partial charge in [0.15, 0.2) is 5.82 Å². The van der Waals surface area contributed by atoms with Crippen LogP contribution in [0.25, 0.3) is 98.9 Å². The number of aromatic nitrogens is 2. The van der Waals surface area contributed by atoms with Crippen LogP contribution in [0.2, 0.25) is 0 Å². The van der Waals surface area contributed by atoms with E-state index in [1.54, 1.807) is 0 Å². The second kappa shape index (κ2) is 11.5. The second-order valence-electron chi connectivity index (χ2n) is 13.0. The molecule has 0 atom stereocenters. The largest absolute Gasteiger partial charge is 0.227 e. The maximum absolute atomic E-state index is 5.31. The van der Waals surface area contributed by atoms with Crippen molar-refractivity contribution in [3.05, 3.63) is 182 Å². The third-order valence-corrected chi connectivity index (χ3v) is 10.0. The molecule has 1 heterocycles. The Balaban J connectivity index is 1.24. The van der Waals surface area contributed by atoms with E-state index in [-0.39, 0.29) is 0 Å². The highest BCUT2D eigenvalue weighted by Gasteiger charge is 2.17. The van der Waals surface area contributed by atoms with Crippen LogP contribution in [0.15, 0.2) is 182 Å². The van der Waals surface area contributed by atoms with Gasteiger partial charge in [-0.15, -0.1) is 0 Å². The van der Waals surface area contributed by atoms with Crippen LogP contribution in [0.4, 0.5) is 0 Å². The van der Waals surface area contributed by atoms with E-state index in [0.29, 0.717) is 0 Å². The van der Waals surface area contributed by atoms with Crippen LogP contribution < -0.4 is 0 Å². The minimum atomic E-state index is 0.718. The zero-order chi connectivity index (χ0) is 33.0. The van der Waals surface area contributed by atoms with Gasteiger partial charge in [-0.3, -0.25) is 0 Å². The van der Waals surface area contributed by atoms with Crippen LogP contribution in [-0.2, 0) is 0 Å². The predicted molar refractivity (Wildman–Crippen MR) is 211 cm³/mol. The monoisotopic (exact) mass is 634 g/mol. The van der Waals surface area contributed by atoms with Gasteiger partial charge in [0.1, 0.15) is 0 Å². The molecule has 0 N–H and O–H groups in total. The summed E-state index contributed by atoms with van der Waals surface area (Å²) < 4.78 is 0. The lowest BCUT2D eigenvalue weighted by Gasteiger charge is -2.16. The molecule has 0 radical (unpaired) electrons. The Morgan fingerprint density at radius 3 is 1.52 bits per heavy atom. The fourth-order valence-corrected chi connectivity index (χ4v) is 7.51. The van der Waals surface area contributed by atoms with Crippen molar-refractivity contribution in [3.63, 3.8) is 0 Å². The molecule has 10 aromatic rings. The van der Waals surface area contributed by atoms with Gasteiger partial charge in [0.2, 0.25) is 0 Å². The number of rotatable bonds is 4. The van der Waals surface area contributed by atoms with Gasteiger partial charge in [-0.2, -0.15) is 0 Å². The van der Waals surface area contributed by atoms with E-state index in [0.717, 1.165) is 38.9 Å². The lowest BCUT2D eigenvalue weighted by atomic mass is 9.89. The van der Waals surface area contributed by atoms with Gasteiger partial charge in [-0.25, -0.2) is 9.97 Å². The summed E-state index contributed by atoms with van der Waals surface area (Å²) in [7, 11) is 0. The quantitative estimate of drug-likeness (QED) is 0.180. The summed E-state index contributed by atoms with van der Waals surface area (Å²) >= 11 is 0. The molecule has 0 amide bonds. The molecule has 50 heavy (non-hydrogen) atoms. The molecule has 0 unspecified atom stereocenters. The molecule has 2 nitrogen and oxygen atoms in total. The van der Waals surface area contributed by atoms with Crippen molar-refractivity contribution in [2.45, 2.75) is 0 Å². The molecular weight excluding hydrogens is 605 g/mol. The summed E-state index contributed by atoms with van der Waals surface area (Å²) in [5.74, 6) is 0.718. The van der Waals surface area contributed by atoms with E-state index in [4.69, 9.17) is 9.97 Å². The Labute approximate surface area is 290 Å². The molecule has 1 aromatic heterocycles. The normalized spacial score (nSPS) is 11.6. The first-order chi connectivity index (χ1) is 24.8. The average molecular weight is 635 g/mol. The van der Waals surface area contributed by atoms with Crippen molar-refractivity contribution in [1.29, 1.82) is 0 Å². The van der Waals surface area contributed by atoms with Gasteiger partial charge >= 0.3 is 0 Å². The topological polar surface area (TPSA) is 25.8 Å². The summed E-state index contributed by atoms with van der Waals surface area (Å²) in [5.41, 5.74) is 8.75. The van der Waals surface area contributed by atoms with Gasteiger partial charge in [0.05, 0.1) is 11.2 Å². The highest BCUT2D eigenvalue weighted by Crippen LogP contribution is 2.40. The third kappa shape index (κ3) is 4.73. The predicted octanol–water partition coefficient (Wildman–Crippen LogP) is 12.9. The van der Waals surface area contributed by atoms with Crippen LogP contribution in [0.3, 0.4) is 0 Å². The van der Waals surface area contributed by atoms with Gasteiger partial charge < -0.3 is 0 Å². The molecule has 9 aromatic carbocycles. The standard InChI is InChI=1S/C48H30N2/c1-2-13-34(14-3-1)46-44-25-22-33-12-8-9-17-42(33)47(44)50-48(49-46)39-23-24-43-40(37-20-18-31-10-4-6-15-35(31)28-37)26-27-41(45(43)30-39)38-21-19-32-11-5-7-16-36(32)29-38/h1-30H. The van der Waals surface area contributed by atoms with Crippen molar-refractivity contribution >= 4 is 54.0 Å². The van der Waals surface area contributed by atoms with Crippen LogP contribution >= 0.6 is 0 Å². The van der Waals surface area contributed by atoms with E-state index >= 15 is 0 Å². The second-order valence-corrected chi connectivity index (χ2v) is 13.0. The van der Waals surface area contributed by atoms with Crippen LogP contribution in [0, 0.1) is 0 Å². The Hall–Kier alpha value is -6.64. The van der Waals surface area contributed by atoms with Crippen molar-refractivity contribution < 1.29 is 0 Å². The summed E-state index contributed by atoms with van der Waals surface area (Å²) in [4.78, 5) is 10.6. The van der Waals surface area contributed by atoms with Crippen LogP contribution in [0.5, 0.6) is 0 Å². The molecule has 10 rings (SSSR count). The molecule has 0 aliphatic heterocycles. The number of hydrogen-bond donors (Lipinski definition) is 0. The summed E-state index contributed by atoms with van der Waals surface area (Å²) in [6, 6.07) is 65.3. The Bertz CT molecular complexity index is 2920. The minimum absolute atomic E-state index is 0.718. The number of benzene rings is 9. The highest BCUT2D eigenvalue weighted by molar-refractivity contribution is 6.11. The lowest BCUT2D eigenvalue weighted by Crippen LogP contribution is -1.96. The van der Waals surface area contributed by atoms with Crippen molar-refractivity contribution in [2.75, 3.05) is 0 Å². The van der Waals surface area contributed by atoms with Crippen LogP contribution in [-0.4, -0.2) is 9.97 Å². The van der Waals surface area contributed by atoms with E-state index in [1.807, 2.05) is 6.07 Å². The van der Waals surface area contributed by atoms with E-state index in [1.165, 1.54) is 60.0 Å². The molecule has 0 saturated carbocycles. The number of nitrogens with zero attached hydrogens (tertiary/aromatic N) is 2. The van der Waals surface area contributed by atoms with Crippen molar-refractivity contribution in [3.8, 4) is 44.9 Å². The third-order valence-electron chi connectivity index (χ3n) is 10.0. The Kier molecular flexibility index (Phi) is 6.53. The molecule has 0 bridgehead atoms. The molecule has 0 spiro atoms. The fourth-order valence-electron chi connectivity index (χ4n) is 7.51. The first-order valence-corrected chi connectivity index (χ1v) is 17.1. The lowest BCUT2D eigenvalue weighted by molar-refractivity contribution is 1.24. The molecule has 0 fully saturated rings. The SMILES string of the molecule is c1ccc(-c2nc(-c3ccc4c(-c5ccc6ccccc6c5)ccc(-c5ccc6ccccc6c5)c4c3)nc3c2ccc2ccccc23)cc1. The number of fused-ring (bicyclic) bond motifs is 6. The molecule has 0 saturated heterocycles. The van der Waals surface area contributed by atoms with Crippen molar-refractivity contribution in [2.24, 2.45) is 0 Å². The first-order valence-electron chi connectivity index (χ1n) is 17.1. The summed E-state index contributed by atoms with van der Waals surface area (Å²) in [6.45, 7) is 0. The Morgan fingerprint density at radius 2 is 0.820 bits per heavy atom. The zero-order valence-corrected chi connectivity index (χ0v) is 27.2. The van der Waals surface area contributed by atoms with Gasteiger partial charge in [-0.1, -0.05) is 158 Å². The molecule has 2 heteroatoms. The van der Waals surface area contributed by atoms with Gasteiger partial charge in [0.25, 0.3) is 0 Å².